The monoisotopic (exact) mass is 348 g/mol. The second-order valence-corrected chi connectivity index (χ2v) is 7.67. The third kappa shape index (κ3) is 4.28. The lowest BCUT2D eigenvalue weighted by atomic mass is 10.2. The van der Waals surface area contributed by atoms with Crippen LogP contribution in [0.2, 0.25) is 0 Å². The van der Waals surface area contributed by atoms with Crippen molar-refractivity contribution < 1.29 is 8.73 Å². The van der Waals surface area contributed by atoms with Crippen LogP contribution in [0.1, 0.15) is 24.7 Å². The summed E-state index contributed by atoms with van der Waals surface area (Å²) in [5.41, 5.74) is 0. The normalized spacial score (nSPS) is 19.2. The fourth-order valence-electron chi connectivity index (χ4n) is 2.92. The number of piperazine rings is 1. The first kappa shape index (κ1) is 17.3. The number of aryl methyl sites for hydroxylation is 1. The van der Waals surface area contributed by atoms with Gasteiger partial charge in [-0.15, -0.1) is 0 Å². The molecule has 0 amide bonds. The summed E-state index contributed by atoms with van der Waals surface area (Å²) < 4.78 is 17.6. The van der Waals surface area contributed by atoms with Crippen LogP contribution in [0, 0.1) is 6.92 Å². The first-order chi connectivity index (χ1) is 11.6. The van der Waals surface area contributed by atoms with Crippen LogP contribution in [-0.4, -0.2) is 62.6 Å². The van der Waals surface area contributed by atoms with E-state index in [0.29, 0.717) is 17.5 Å². The standard InChI is InChI=1S/C17H24N4O2S/c1-14(17-18-15(2)19-23-17)21-10-8-20(9-11-21)12-13-24(22)16-6-4-3-5-7-16/h3-7,14H,8-13H2,1-2H3/t14-,24+/m0/s1. The lowest BCUT2D eigenvalue weighted by Gasteiger charge is -2.36. The van der Waals surface area contributed by atoms with Gasteiger partial charge in [-0.25, -0.2) is 0 Å². The highest BCUT2D eigenvalue weighted by molar-refractivity contribution is 7.85. The molecule has 3 rings (SSSR count). The molecule has 0 spiro atoms. The summed E-state index contributed by atoms with van der Waals surface area (Å²) in [5.74, 6) is 2.05. The van der Waals surface area contributed by atoms with E-state index in [1.807, 2.05) is 37.3 Å². The minimum Gasteiger partial charge on any atom is -0.338 e. The zero-order valence-electron chi connectivity index (χ0n) is 14.2. The highest BCUT2D eigenvalue weighted by Crippen LogP contribution is 2.20. The lowest BCUT2D eigenvalue weighted by Crippen LogP contribution is -2.48. The number of aromatic nitrogens is 2. The van der Waals surface area contributed by atoms with E-state index >= 15 is 0 Å². The Kier molecular flexibility index (Phi) is 5.76. The summed E-state index contributed by atoms with van der Waals surface area (Å²) in [6, 6.07) is 9.84. The Morgan fingerprint density at radius 2 is 1.92 bits per heavy atom. The summed E-state index contributed by atoms with van der Waals surface area (Å²) in [6.07, 6.45) is 0. The highest BCUT2D eigenvalue weighted by atomic mass is 32.2. The zero-order chi connectivity index (χ0) is 16.9. The molecule has 1 saturated heterocycles. The van der Waals surface area contributed by atoms with Crippen molar-refractivity contribution in [2.24, 2.45) is 0 Å². The Labute approximate surface area is 145 Å². The smallest absolute Gasteiger partial charge is 0.243 e. The van der Waals surface area contributed by atoms with Crippen molar-refractivity contribution in [2.75, 3.05) is 38.5 Å². The van der Waals surface area contributed by atoms with Crippen molar-refractivity contribution in [2.45, 2.75) is 24.8 Å². The van der Waals surface area contributed by atoms with Gasteiger partial charge in [0, 0.05) is 43.4 Å². The highest BCUT2D eigenvalue weighted by Gasteiger charge is 2.25. The van der Waals surface area contributed by atoms with E-state index in [4.69, 9.17) is 4.52 Å². The predicted molar refractivity (Wildman–Crippen MR) is 93.2 cm³/mol. The molecule has 1 aliphatic rings. The molecular weight excluding hydrogens is 324 g/mol. The fourth-order valence-corrected chi connectivity index (χ4v) is 4.04. The number of benzene rings is 1. The molecule has 130 valence electrons. The second kappa shape index (κ2) is 8.00. The van der Waals surface area contributed by atoms with Crippen molar-refractivity contribution in [3.05, 3.63) is 42.0 Å². The molecule has 0 N–H and O–H groups in total. The molecule has 0 bridgehead atoms. The fraction of sp³-hybridized carbons (Fsp3) is 0.529. The van der Waals surface area contributed by atoms with Crippen molar-refractivity contribution >= 4 is 10.8 Å². The van der Waals surface area contributed by atoms with Gasteiger partial charge in [0.15, 0.2) is 5.82 Å². The Balaban J connectivity index is 1.44. The van der Waals surface area contributed by atoms with E-state index in [2.05, 4.69) is 26.9 Å². The van der Waals surface area contributed by atoms with Crippen LogP contribution in [0.4, 0.5) is 0 Å². The maximum atomic E-state index is 12.3. The van der Waals surface area contributed by atoms with Crippen molar-refractivity contribution in [3.63, 3.8) is 0 Å². The van der Waals surface area contributed by atoms with Gasteiger partial charge in [0.05, 0.1) is 16.8 Å². The molecule has 1 fully saturated rings. The van der Waals surface area contributed by atoms with E-state index in [0.717, 1.165) is 37.6 Å². The second-order valence-electron chi connectivity index (χ2n) is 6.10. The Bertz CT molecular complexity index is 668. The molecule has 0 radical (unpaired) electrons. The average molecular weight is 348 g/mol. The first-order valence-electron chi connectivity index (χ1n) is 8.33. The molecule has 0 saturated carbocycles. The van der Waals surface area contributed by atoms with Gasteiger partial charge in [-0.1, -0.05) is 23.4 Å². The van der Waals surface area contributed by atoms with Crippen LogP contribution >= 0.6 is 0 Å². The van der Waals surface area contributed by atoms with Gasteiger partial charge < -0.3 is 4.52 Å². The lowest BCUT2D eigenvalue weighted by molar-refractivity contribution is 0.0918. The van der Waals surface area contributed by atoms with Crippen LogP contribution in [0.15, 0.2) is 39.8 Å². The van der Waals surface area contributed by atoms with Gasteiger partial charge in [0.2, 0.25) is 5.89 Å². The van der Waals surface area contributed by atoms with Gasteiger partial charge in [0.25, 0.3) is 0 Å². The minimum atomic E-state index is -0.918. The molecule has 24 heavy (non-hydrogen) atoms. The average Bonchev–Trinajstić information content (AvgIpc) is 3.06. The van der Waals surface area contributed by atoms with Crippen LogP contribution in [0.5, 0.6) is 0 Å². The number of nitrogens with zero attached hydrogens (tertiary/aromatic N) is 4. The molecule has 2 atom stereocenters. The molecule has 1 aliphatic heterocycles. The molecular formula is C17H24N4O2S. The van der Waals surface area contributed by atoms with Gasteiger partial charge in [-0.05, 0) is 26.0 Å². The van der Waals surface area contributed by atoms with Crippen molar-refractivity contribution in [1.82, 2.24) is 19.9 Å². The number of hydrogen-bond donors (Lipinski definition) is 0. The zero-order valence-corrected chi connectivity index (χ0v) is 15.0. The number of hydrogen-bond acceptors (Lipinski definition) is 6. The summed E-state index contributed by atoms with van der Waals surface area (Å²) >= 11 is 0. The summed E-state index contributed by atoms with van der Waals surface area (Å²) in [5, 5.41) is 3.87. The van der Waals surface area contributed by atoms with Crippen LogP contribution in [-0.2, 0) is 10.8 Å². The van der Waals surface area contributed by atoms with Crippen molar-refractivity contribution in [3.8, 4) is 0 Å². The predicted octanol–water partition coefficient (Wildman–Crippen LogP) is 1.86. The topological polar surface area (TPSA) is 62.5 Å². The molecule has 0 unspecified atom stereocenters. The van der Waals surface area contributed by atoms with E-state index in [1.54, 1.807) is 0 Å². The molecule has 2 heterocycles. The molecule has 7 heteroatoms. The third-order valence-corrected chi connectivity index (χ3v) is 5.81. The van der Waals surface area contributed by atoms with E-state index < -0.39 is 10.8 Å². The molecule has 1 aromatic carbocycles. The summed E-state index contributed by atoms with van der Waals surface area (Å²) in [7, 11) is -0.918. The SMILES string of the molecule is Cc1noc([C@H](C)N2CCN(CC[S@@](=O)c3ccccc3)CC2)n1. The minimum absolute atomic E-state index is 0.145. The largest absolute Gasteiger partial charge is 0.338 e. The third-order valence-electron chi connectivity index (χ3n) is 4.45. The van der Waals surface area contributed by atoms with Gasteiger partial charge in [-0.2, -0.15) is 4.98 Å². The van der Waals surface area contributed by atoms with E-state index in [-0.39, 0.29) is 6.04 Å². The Morgan fingerprint density at radius 3 is 2.54 bits per heavy atom. The Hall–Kier alpha value is -1.57. The molecule has 6 nitrogen and oxygen atoms in total. The maximum Gasteiger partial charge on any atom is 0.243 e. The van der Waals surface area contributed by atoms with Gasteiger partial charge in [0.1, 0.15) is 0 Å². The quantitative estimate of drug-likeness (QED) is 0.794. The van der Waals surface area contributed by atoms with Gasteiger partial charge in [-0.3, -0.25) is 14.0 Å². The molecule has 1 aromatic heterocycles. The first-order valence-corrected chi connectivity index (χ1v) is 9.65. The number of rotatable bonds is 6. The Morgan fingerprint density at radius 1 is 1.21 bits per heavy atom. The van der Waals surface area contributed by atoms with Crippen LogP contribution < -0.4 is 0 Å². The van der Waals surface area contributed by atoms with Crippen LogP contribution in [0.25, 0.3) is 0 Å². The summed E-state index contributed by atoms with van der Waals surface area (Å²) in [6.45, 7) is 8.68. The maximum absolute atomic E-state index is 12.3. The molecule has 2 aromatic rings. The van der Waals surface area contributed by atoms with Gasteiger partial charge >= 0.3 is 0 Å². The molecule has 0 aliphatic carbocycles. The summed E-state index contributed by atoms with van der Waals surface area (Å²) in [4.78, 5) is 9.97. The van der Waals surface area contributed by atoms with Crippen LogP contribution in [0.3, 0.4) is 0 Å². The van der Waals surface area contributed by atoms with E-state index in [1.165, 1.54) is 0 Å². The van der Waals surface area contributed by atoms with Crippen molar-refractivity contribution in [1.29, 1.82) is 0 Å². The van der Waals surface area contributed by atoms with E-state index in [9.17, 15) is 4.21 Å².